The highest BCUT2D eigenvalue weighted by Gasteiger charge is 2.17. The molecule has 0 N–H and O–H groups in total. The quantitative estimate of drug-likeness (QED) is 0.770. The molecule has 0 fully saturated rings. The van der Waals surface area contributed by atoms with E-state index in [0.717, 1.165) is 16.7 Å². The Bertz CT molecular complexity index is 431. The molecule has 4 heteroatoms. The largest absolute Gasteiger partial charge is 0.462 e. The van der Waals surface area contributed by atoms with E-state index in [9.17, 15) is 9.59 Å². The number of carbonyl (C=O) groups excluding carboxylic acids is 2. The highest BCUT2D eigenvalue weighted by molar-refractivity contribution is 5.67. The van der Waals surface area contributed by atoms with Crippen molar-refractivity contribution in [3.63, 3.8) is 0 Å². The average molecular weight is 250 g/mol. The van der Waals surface area contributed by atoms with Crippen molar-refractivity contribution in [3.8, 4) is 0 Å². The summed E-state index contributed by atoms with van der Waals surface area (Å²) in [6.45, 7) is 6.63. The normalized spacial score (nSPS) is 11.8. The molecule has 0 spiro atoms. The van der Waals surface area contributed by atoms with Crippen LogP contribution in [-0.4, -0.2) is 18.5 Å². The number of hydrogen-bond acceptors (Lipinski definition) is 4. The number of aryl methyl sites for hydroxylation is 2. The fourth-order valence-corrected chi connectivity index (χ4v) is 1.79. The maximum absolute atomic E-state index is 11.1. The lowest BCUT2D eigenvalue weighted by Crippen LogP contribution is -2.16. The number of benzene rings is 1. The van der Waals surface area contributed by atoms with Gasteiger partial charge < -0.3 is 9.47 Å². The monoisotopic (exact) mass is 250 g/mol. The van der Waals surface area contributed by atoms with Crippen LogP contribution in [0.15, 0.2) is 18.2 Å². The zero-order chi connectivity index (χ0) is 13.7. The lowest BCUT2D eigenvalue weighted by Gasteiger charge is -2.18. The molecule has 0 radical (unpaired) electrons. The van der Waals surface area contributed by atoms with Crippen molar-refractivity contribution in [1.29, 1.82) is 0 Å². The van der Waals surface area contributed by atoms with Gasteiger partial charge in [-0.25, -0.2) is 0 Å². The summed E-state index contributed by atoms with van der Waals surface area (Å²) in [5.74, 6) is -0.789. The number of ether oxygens (including phenoxy) is 2. The van der Waals surface area contributed by atoms with Gasteiger partial charge in [0.15, 0.2) is 6.10 Å². The second-order valence-corrected chi connectivity index (χ2v) is 4.32. The van der Waals surface area contributed by atoms with Gasteiger partial charge in [-0.3, -0.25) is 9.59 Å². The van der Waals surface area contributed by atoms with Crippen LogP contribution in [-0.2, 0) is 19.1 Å². The molecule has 1 aromatic rings. The standard InChI is InChI=1S/C14H18O4/c1-9-5-10(2)7-13(6-9)14(18-12(4)16)8-17-11(3)15/h5-7,14H,8H2,1-4H3. The van der Waals surface area contributed by atoms with Crippen LogP contribution in [0.2, 0.25) is 0 Å². The Kier molecular flexibility index (Phi) is 4.89. The first-order valence-electron chi connectivity index (χ1n) is 5.77. The number of rotatable bonds is 4. The maximum atomic E-state index is 11.1. The van der Waals surface area contributed by atoms with Gasteiger partial charge in [0.05, 0.1) is 0 Å². The van der Waals surface area contributed by atoms with Gasteiger partial charge in [-0.05, 0) is 19.4 Å². The number of carbonyl (C=O) groups is 2. The minimum absolute atomic E-state index is 0.0395. The molecule has 98 valence electrons. The summed E-state index contributed by atoms with van der Waals surface area (Å²) < 4.78 is 10.1. The van der Waals surface area contributed by atoms with E-state index in [-0.39, 0.29) is 6.61 Å². The summed E-state index contributed by atoms with van der Waals surface area (Å²) in [5.41, 5.74) is 2.99. The van der Waals surface area contributed by atoms with Crippen molar-refractivity contribution in [2.24, 2.45) is 0 Å². The van der Waals surface area contributed by atoms with Gasteiger partial charge >= 0.3 is 11.9 Å². The molecule has 0 saturated heterocycles. The lowest BCUT2D eigenvalue weighted by molar-refractivity contribution is -0.156. The van der Waals surface area contributed by atoms with Crippen molar-refractivity contribution in [2.75, 3.05) is 6.61 Å². The minimum Gasteiger partial charge on any atom is -0.462 e. The molecule has 0 saturated carbocycles. The van der Waals surface area contributed by atoms with E-state index in [1.54, 1.807) is 0 Å². The summed E-state index contributed by atoms with van der Waals surface area (Å²) in [4.78, 5) is 21.9. The van der Waals surface area contributed by atoms with Crippen LogP contribution in [0, 0.1) is 13.8 Å². The first-order chi connectivity index (χ1) is 8.38. The molecule has 1 unspecified atom stereocenters. The van der Waals surface area contributed by atoms with Crippen LogP contribution in [0.1, 0.15) is 36.6 Å². The summed E-state index contributed by atoms with van der Waals surface area (Å²) >= 11 is 0. The van der Waals surface area contributed by atoms with E-state index in [1.165, 1.54) is 13.8 Å². The SMILES string of the molecule is CC(=O)OCC(OC(C)=O)c1cc(C)cc(C)c1. The smallest absolute Gasteiger partial charge is 0.303 e. The van der Waals surface area contributed by atoms with E-state index in [4.69, 9.17) is 9.47 Å². The highest BCUT2D eigenvalue weighted by atomic mass is 16.6. The summed E-state index contributed by atoms with van der Waals surface area (Å²) in [7, 11) is 0. The second-order valence-electron chi connectivity index (χ2n) is 4.32. The molecule has 0 aliphatic rings. The minimum atomic E-state index is -0.551. The molecule has 1 rings (SSSR count). The van der Waals surface area contributed by atoms with Gasteiger partial charge in [-0.15, -0.1) is 0 Å². The molecule has 0 bridgehead atoms. The third kappa shape index (κ3) is 4.57. The Hall–Kier alpha value is -1.84. The zero-order valence-corrected chi connectivity index (χ0v) is 11.1. The van der Waals surface area contributed by atoms with Gasteiger partial charge in [0, 0.05) is 13.8 Å². The maximum Gasteiger partial charge on any atom is 0.303 e. The predicted octanol–water partition coefficient (Wildman–Crippen LogP) is 2.47. The molecular formula is C14H18O4. The summed E-state index contributed by atoms with van der Waals surface area (Å²) in [6.07, 6.45) is -0.551. The topological polar surface area (TPSA) is 52.6 Å². The van der Waals surface area contributed by atoms with Gasteiger partial charge in [0.25, 0.3) is 0 Å². The molecule has 0 amide bonds. The molecule has 0 aromatic heterocycles. The number of esters is 2. The van der Waals surface area contributed by atoms with Gasteiger partial charge in [0.2, 0.25) is 0 Å². The molecule has 18 heavy (non-hydrogen) atoms. The Morgan fingerprint density at radius 3 is 2.06 bits per heavy atom. The fourth-order valence-electron chi connectivity index (χ4n) is 1.79. The Balaban J connectivity index is 2.92. The molecular weight excluding hydrogens is 232 g/mol. The van der Waals surface area contributed by atoms with Crippen molar-refractivity contribution in [2.45, 2.75) is 33.8 Å². The van der Waals surface area contributed by atoms with Crippen molar-refractivity contribution in [3.05, 3.63) is 34.9 Å². The van der Waals surface area contributed by atoms with Crippen LogP contribution < -0.4 is 0 Å². The third-order valence-corrected chi connectivity index (χ3v) is 2.36. The van der Waals surface area contributed by atoms with E-state index < -0.39 is 18.0 Å². The third-order valence-electron chi connectivity index (χ3n) is 2.36. The molecule has 1 aromatic carbocycles. The molecule has 4 nitrogen and oxygen atoms in total. The zero-order valence-electron chi connectivity index (χ0n) is 11.1. The van der Waals surface area contributed by atoms with Gasteiger partial charge in [-0.2, -0.15) is 0 Å². The van der Waals surface area contributed by atoms with Crippen LogP contribution in [0.5, 0.6) is 0 Å². The molecule has 1 atom stereocenters. The lowest BCUT2D eigenvalue weighted by atomic mass is 10.0. The predicted molar refractivity (Wildman–Crippen MR) is 67.1 cm³/mol. The number of hydrogen-bond donors (Lipinski definition) is 0. The van der Waals surface area contributed by atoms with Gasteiger partial charge in [0.1, 0.15) is 6.61 Å². The average Bonchev–Trinajstić information content (AvgIpc) is 2.22. The first-order valence-corrected chi connectivity index (χ1v) is 5.77. The fraction of sp³-hybridized carbons (Fsp3) is 0.429. The Labute approximate surface area is 107 Å². The van der Waals surface area contributed by atoms with E-state index in [0.29, 0.717) is 0 Å². The Morgan fingerprint density at radius 1 is 1.06 bits per heavy atom. The highest BCUT2D eigenvalue weighted by Crippen LogP contribution is 2.21. The van der Waals surface area contributed by atoms with Crippen molar-refractivity contribution >= 4 is 11.9 Å². The Morgan fingerprint density at radius 2 is 1.61 bits per heavy atom. The van der Waals surface area contributed by atoms with Crippen molar-refractivity contribution in [1.82, 2.24) is 0 Å². The van der Waals surface area contributed by atoms with E-state index in [1.807, 2.05) is 32.0 Å². The summed E-state index contributed by atoms with van der Waals surface area (Å²) in [6, 6.07) is 5.87. The van der Waals surface area contributed by atoms with Gasteiger partial charge in [-0.1, -0.05) is 29.3 Å². The molecule has 0 aliphatic heterocycles. The van der Waals surface area contributed by atoms with Crippen LogP contribution in [0.4, 0.5) is 0 Å². The molecule has 0 aliphatic carbocycles. The van der Waals surface area contributed by atoms with Crippen LogP contribution >= 0.6 is 0 Å². The van der Waals surface area contributed by atoms with E-state index in [2.05, 4.69) is 0 Å². The summed E-state index contributed by atoms with van der Waals surface area (Å²) in [5, 5.41) is 0. The van der Waals surface area contributed by atoms with Crippen LogP contribution in [0.3, 0.4) is 0 Å². The van der Waals surface area contributed by atoms with Crippen molar-refractivity contribution < 1.29 is 19.1 Å². The first kappa shape index (κ1) is 14.2. The van der Waals surface area contributed by atoms with Crippen LogP contribution in [0.25, 0.3) is 0 Å². The second kappa shape index (κ2) is 6.19. The molecule has 0 heterocycles. The van der Waals surface area contributed by atoms with E-state index >= 15 is 0 Å².